The van der Waals surface area contributed by atoms with Gasteiger partial charge in [0.1, 0.15) is 6.04 Å². The molecular formula is C23H23FN8O. The number of nitrogens with two attached hydrogens (primary N) is 1. The number of aromatic nitrogens is 6. The van der Waals surface area contributed by atoms with Gasteiger partial charge in [0.25, 0.3) is 5.89 Å². The summed E-state index contributed by atoms with van der Waals surface area (Å²) >= 11 is 0. The molecule has 0 spiro atoms. The first-order chi connectivity index (χ1) is 16.0. The highest BCUT2D eigenvalue weighted by atomic mass is 19.1. The number of hydrogen-bond acceptors (Lipinski definition) is 8. The molecule has 0 amide bonds. The number of anilines is 1. The van der Waals surface area contributed by atoms with E-state index in [1.165, 1.54) is 6.20 Å². The van der Waals surface area contributed by atoms with Crippen molar-refractivity contribution in [3.8, 4) is 11.5 Å². The summed E-state index contributed by atoms with van der Waals surface area (Å²) in [5, 5.41) is 8.22. The van der Waals surface area contributed by atoms with Gasteiger partial charge in [-0.1, -0.05) is 25.0 Å². The molecule has 1 unspecified atom stereocenters. The first kappa shape index (κ1) is 20.8. The monoisotopic (exact) mass is 446 g/mol. The van der Waals surface area contributed by atoms with E-state index in [1.54, 1.807) is 24.7 Å². The van der Waals surface area contributed by atoms with Gasteiger partial charge in [-0.3, -0.25) is 4.98 Å². The van der Waals surface area contributed by atoms with Crippen LogP contribution >= 0.6 is 0 Å². The highest BCUT2D eigenvalue weighted by Crippen LogP contribution is 2.36. The van der Waals surface area contributed by atoms with Crippen molar-refractivity contribution >= 4 is 12.1 Å². The number of aromatic amines is 1. The van der Waals surface area contributed by atoms with Gasteiger partial charge in [-0.2, -0.15) is 4.39 Å². The second-order valence-corrected chi connectivity index (χ2v) is 8.12. The van der Waals surface area contributed by atoms with Crippen LogP contribution < -0.4 is 10.6 Å². The predicted octanol–water partition coefficient (Wildman–Crippen LogP) is 3.62. The van der Waals surface area contributed by atoms with Crippen LogP contribution in [0.15, 0.2) is 53.1 Å². The summed E-state index contributed by atoms with van der Waals surface area (Å²) in [4.78, 5) is 17.8. The molecular weight excluding hydrogens is 423 g/mol. The van der Waals surface area contributed by atoms with Gasteiger partial charge in [0.15, 0.2) is 0 Å². The molecule has 0 aromatic carbocycles. The van der Waals surface area contributed by atoms with Crippen LogP contribution in [-0.2, 0) is 6.42 Å². The maximum absolute atomic E-state index is 14.1. The topological polar surface area (TPSA) is 123 Å². The molecule has 1 aliphatic heterocycles. The molecule has 0 saturated heterocycles. The number of H-pyrrole nitrogens is 1. The first-order valence-electron chi connectivity index (χ1n) is 10.7. The molecule has 0 bridgehead atoms. The maximum Gasteiger partial charge on any atom is 0.319 e. The van der Waals surface area contributed by atoms with Gasteiger partial charge in [0.2, 0.25) is 5.95 Å². The molecule has 4 aromatic heterocycles. The number of pyridine rings is 2. The lowest BCUT2D eigenvalue weighted by molar-refractivity contribution is 0.500. The molecule has 0 fully saturated rings. The van der Waals surface area contributed by atoms with Crippen LogP contribution in [0.1, 0.15) is 48.5 Å². The zero-order valence-electron chi connectivity index (χ0n) is 18.2. The SMILES string of the molecule is CC(C)c1cccnc1/C=C(\N)C1c2nc[nH]c2CCN1c1nnc(-c2cccnc2F)o1. The molecule has 33 heavy (non-hydrogen) atoms. The van der Waals surface area contributed by atoms with E-state index in [9.17, 15) is 4.39 Å². The third-order valence-electron chi connectivity index (χ3n) is 5.69. The fourth-order valence-corrected chi connectivity index (χ4v) is 4.08. The molecule has 3 N–H and O–H groups in total. The van der Waals surface area contributed by atoms with Crippen LogP contribution in [0.25, 0.3) is 17.5 Å². The Labute approximate surface area is 189 Å². The Hall–Kier alpha value is -4.08. The predicted molar refractivity (Wildman–Crippen MR) is 120 cm³/mol. The molecule has 5 rings (SSSR count). The average Bonchev–Trinajstić information content (AvgIpc) is 3.48. The van der Waals surface area contributed by atoms with E-state index >= 15 is 0 Å². The Morgan fingerprint density at radius 2 is 2.03 bits per heavy atom. The van der Waals surface area contributed by atoms with Gasteiger partial charge in [0, 0.05) is 36.8 Å². The van der Waals surface area contributed by atoms with Crippen molar-refractivity contribution in [2.45, 2.75) is 32.2 Å². The number of imidazole rings is 1. The molecule has 1 aliphatic rings. The molecule has 0 aliphatic carbocycles. The minimum atomic E-state index is -0.673. The van der Waals surface area contributed by atoms with Gasteiger partial charge in [-0.05, 0) is 35.8 Å². The van der Waals surface area contributed by atoms with Crippen molar-refractivity contribution in [1.82, 2.24) is 30.1 Å². The Kier molecular flexibility index (Phi) is 5.33. The van der Waals surface area contributed by atoms with Crippen molar-refractivity contribution in [3.05, 3.63) is 77.3 Å². The Bertz CT molecular complexity index is 1310. The van der Waals surface area contributed by atoms with Gasteiger partial charge in [-0.15, -0.1) is 5.10 Å². The largest absolute Gasteiger partial charge is 0.403 e. The molecule has 10 heteroatoms. The highest BCUT2D eigenvalue weighted by Gasteiger charge is 2.35. The van der Waals surface area contributed by atoms with Crippen molar-refractivity contribution in [2.24, 2.45) is 5.73 Å². The van der Waals surface area contributed by atoms with Gasteiger partial charge < -0.3 is 20.0 Å². The summed E-state index contributed by atoms with van der Waals surface area (Å²) in [7, 11) is 0. The third-order valence-corrected chi connectivity index (χ3v) is 5.69. The number of nitrogens with one attached hydrogen (secondary N) is 1. The molecule has 4 aromatic rings. The molecule has 5 heterocycles. The molecule has 168 valence electrons. The van der Waals surface area contributed by atoms with Crippen LogP contribution in [0.2, 0.25) is 0 Å². The molecule has 0 radical (unpaired) electrons. The van der Waals surface area contributed by atoms with E-state index in [0.29, 0.717) is 18.7 Å². The van der Waals surface area contributed by atoms with Crippen LogP contribution in [0.3, 0.4) is 0 Å². The van der Waals surface area contributed by atoms with E-state index < -0.39 is 12.0 Å². The number of rotatable bonds is 5. The minimum absolute atomic E-state index is 0.0524. The molecule has 0 saturated carbocycles. The van der Waals surface area contributed by atoms with Gasteiger partial charge in [0.05, 0.1) is 23.3 Å². The van der Waals surface area contributed by atoms with Crippen LogP contribution in [0, 0.1) is 5.95 Å². The van der Waals surface area contributed by atoms with E-state index in [4.69, 9.17) is 10.2 Å². The molecule has 1 atom stereocenters. The van der Waals surface area contributed by atoms with Crippen LogP contribution in [0.5, 0.6) is 0 Å². The number of halogens is 1. The second kappa shape index (κ2) is 8.45. The lowest BCUT2D eigenvalue weighted by Crippen LogP contribution is -2.38. The van der Waals surface area contributed by atoms with Crippen molar-refractivity contribution in [1.29, 1.82) is 0 Å². The summed E-state index contributed by atoms with van der Waals surface area (Å²) in [6.45, 7) is 4.78. The minimum Gasteiger partial charge on any atom is -0.403 e. The van der Waals surface area contributed by atoms with Crippen LogP contribution in [-0.4, -0.2) is 36.7 Å². The smallest absolute Gasteiger partial charge is 0.319 e. The van der Waals surface area contributed by atoms with E-state index in [-0.39, 0.29) is 23.4 Å². The fraction of sp³-hybridized carbons (Fsp3) is 0.261. The standard InChI is InChI=1S/C23H23FN8O/c1-13(2)14-5-3-8-26-18(14)11-16(25)20-19-17(28-12-29-19)7-10-32(20)23-31-30-22(33-23)15-6-4-9-27-21(15)24/h3-6,8-9,11-13,20H,7,10,25H2,1-2H3,(H,28,29)/b16-11-. The summed E-state index contributed by atoms with van der Waals surface area (Å²) in [6.07, 6.45) is 7.33. The van der Waals surface area contributed by atoms with Crippen molar-refractivity contribution < 1.29 is 8.81 Å². The van der Waals surface area contributed by atoms with E-state index in [2.05, 4.69) is 44.0 Å². The normalized spacial score (nSPS) is 16.3. The Morgan fingerprint density at radius 3 is 2.85 bits per heavy atom. The summed E-state index contributed by atoms with van der Waals surface area (Å²) < 4.78 is 20.0. The zero-order valence-corrected chi connectivity index (χ0v) is 18.2. The number of fused-ring (bicyclic) bond motifs is 1. The number of hydrogen-bond donors (Lipinski definition) is 2. The Balaban J connectivity index is 1.56. The van der Waals surface area contributed by atoms with Crippen LogP contribution in [0.4, 0.5) is 10.4 Å². The summed E-state index contributed by atoms with van der Waals surface area (Å²) in [5.74, 6) is -0.334. The third kappa shape index (κ3) is 3.84. The fourth-order valence-electron chi connectivity index (χ4n) is 4.08. The van der Waals surface area contributed by atoms with Gasteiger partial charge in [-0.25, -0.2) is 9.97 Å². The quantitative estimate of drug-likeness (QED) is 0.446. The highest BCUT2D eigenvalue weighted by molar-refractivity contribution is 5.58. The van der Waals surface area contributed by atoms with Crippen molar-refractivity contribution in [3.63, 3.8) is 0 Å². The number of nitrogens with zero attached hydrogens (tertiary/aromatic N) is 6. The lowest BCUT2D eigenvalue weighted by Gasteiger charge is -2.33. The summed E-state index contributed by atoms with van der Waals surface area (Å²) in [6, 6.07) is 6.90. The zero-order chi connectivity index (χ0) is 22.9. The maximum atomic E-state index is 14.1. The molecule has 9 nitrogen and oxygen atoms in total. The van der Waals surface area contributed by atoms with E-state index in [1.807, 2.05) is 23.1 Å². The lowest BCUT2D eigenvalue weighted by atomic mass is 9.97. The van der Waals surface area contributed by atoms with Gasteiger partial charge >= 0.3 is 6.01 Å². The second-order valence-electron chi connectivity index (χ2n) is 8.12. The first-order valence-corrected chi connectivity index (χ1v) is 10.7. The van der Waals surface area contributed by atoms with Crippen molar-refractivity contribution in [2.75, 3.05) is 11.4 Å². The van der Waals surface area contributed by atoms with E-state index in [0.717, 1.165) is 22.6 Å². The average molecular weight is 446 g/mol. The summed E-state index contributed by atoms with van der Waals surface area (Å²) in [5.41, 5.74) is 11.0. The Morgan fingerprint density at radius 1 is 1.21 bits per heavy atom.